The van der Waals surface area contributed by atoms with Gasteiger partial charge in [0, 0.05) is 11.3 Å². The van der Waals surface area contributed by atoms with Crippen molar-refractivity contribution in [1.82, 2.24) is 20.2 Å². The molecule has 3 aromatic heterocycles. The van der Waals surface area contributed by atoms with Gasteiger partial charge in [-0.1, -0.05) is 12.1 Å². The van der Waals surface area contributed by atoms with Gasteiger partial charge in [0.25, 0.3) is 11.8 Å². The lowest BCUT2D eigenvalue weighted by molar-refractivity contribution is 0.0995. The molecule has 31 heavy (non-hydrogen) atoms. The number of hydrogen-bond acceptors (Lipinski definition) is 7. The summed E-state index contributed by atoms with van der Waals surface area (Å²) in [5, 5.41) is 18.3. The summed E-state index contributed by atoms with van der Waals surface area (Å²) in [6.45, 7) is 1.83. The van der Waals surface area contributed by atoms with Crippen molar-refractivity contribution in [2.75, 3.05) is 10.6 Å². The van der Waals surface area contributed by atoms with Gasteiger partial charge >= 0.3 is 0 Å². The molecule has 0 aliphatic heterocycles. The van der Waals surface area contributed by atoms with Crippen molar-refractivity contribution in [3.63, 3.8) is 0 Å². The van der Waals surface area contributed by atoms with Gasteiger partial charge in [0.1, 0.15) is 0 Å². The van der Waals surface area contributed by atoms with E-state index < -0.39 is 0 Å². The molecule has 3 heterocycles. The van der Waals surface area contributed by atoms with Crippen molar-refractivity contribution >= 4 is 33.8 Å². The summed E-state index contributed by atoms with van der Waals surface area (Å²) in [6, 6.07) is 12.8. The van der Waals surface area contributed by atoms with Gasteiger partial charge in [0.2, 0.25) is 0 Å². The van der Waals surface area contributed by atoms with Gasteiger partial charge in [-0.2, -0.15) is 0 Å². The van der Waals surface area contributed by atoms with Crippen LogP contribution in [-0.2, 0) is 0 Å². The van der Waals surface area contributed by atoms with Crippen LogP contribution in [0.3, 0.4) is 0 Å². The van der Waals surface area contributed by atoms with Crippen LogP contribution in [0.1, 0.15) is 44.7 Å². The van der Waals surface area contributed by atoms with Gasteiger partial charge < -0.3 is 15.1 Å². The number of nitrogens with zero attached hydrogens (tertiary/aromatic N) is 4. The molecule has 1 saturated carbocycles. The summed E-state index contributed by atoms with van der Waals surface area (Å²) >= 11 is 1.21. The molecule has 5 rings (SSSR count). The second kappa shape index (κ2) is 7.80. The molecule has 2 amide bonds. The highest BCUT2D eigenvalue weighted by atomic mass is 32.1. The minimum atomic E-state index is -0.362. The Morgan fingerprint density at radius 1 is 1.13 bits per heavy atom. The molecule has 0 saturated heterocycles. The topological polar surface area (TPSA) is 115 Å². The van der Waals surface area contributed by atoms with E-state index >= 15 is 0 Å². The number of hydrogen-bond donors (Lipinski definition) is 2. The standard InChI is InChI=1S/C21H18N6O3S/c1-12-10-17(23-20(28)16-6-3-9-30-16)31-18(12)21(29)22-14-5-2-4-13(11-14)19-24-25-26-27(19)15-7-8-15/h2-6,9-11,15H,7-8H2,1H3,(H,22,29)(H,23,28). The second-order valence-corrected chi connectivity index (χ2v) is 8.32. The van der Waals surface area contributed by atoms with E-state index in [-0.39, 0.29) is 17.6 Å². The number of aryl methyl sites for hydroxylation is 1. The van der Waals surface area contributed by atoms with E-state index in [1.54, 1.807) is 18.2 Å². The lowest BCUT2D eigenvalue weighted by Crippen LogP contribution is -2.11. The highest BCUT2D eigenvalue weighted by Crippen LogP contribution is 2.37. The third kappa shape index (κ3) is 3.97. The number of carbonyl (C=O) groups excluding carboxylic acids is 2. The van der Waals surface area contributed by atoms with E-state index in [1.165, 1.54) is 17.6 Å². The van der Waals surface area contributed by atoms with Gasteiger partial charge in [-0.05, 0) is 66.1 Å². The lowest BCUT2D eigenvalue weighted by Gasteiger charge is -2.07. The molecule has 1 aliphatic carbocycles. The molecule has 156 valence electrons. The fraction of sp³-hybridized carbons (Fsp3) is 0.190. The molecule has 0 radical (unpaired) electrons. The molecule has 0 bridgehead atoms. The first kappa shape index (κ1) is 19.2. The third-order valence-electron chi connectivity index (χ3n) is 4.87. The first-order valence-corrected chi connectivity index (χ1v) is 10.5. The van der Waals surface area contributed by atoms with Crippen LogP contribution in [0.5, 0.6) is 0 Å². The fourth-order valence-electron chi connectivity index (χ4n) is 3.22. The van der Waals surface area contributed by atoms with Crippen LogP contribution in [0.4, 0.5) is 10.7 Å². The van der Waals surface area contributed by atoms with Crippen LogP contribution in [-0.4, -0.2) is 32.0 Å². The Morgan fingerprint density at radius 3 is 2.77 bits per heavy atom. The van der Waals surface area contributed by atoms with Gasteiger partial charge in [0.15, 0.2) is 11.6 Å². The Balaban J connectivity index is 1.32. The highest BCUT2D eigenvalue weighted by molar-refractivity contribution is 7.18. The molecule has 0 atom stereocenters. The normalized spacial score (nSPS) is 13.2. The maximum atomic E-state index is 12.9. The second-order valence-electron chi connectivity index (χ2n) is 7.27. The van der Waals surface area contributed by atoms with Crippen LogP contribution in [0, 0.1) is 6.92 Å². The molecule has 0 spiro atoms. The molecule has 0 unspecified atom stereocenters. The summed E-state index contributed by atoms with van der Waals surface area (Å²) in [7, 11) is 0. The smallest absolute Gasteiger partial charge is 0.291 e. The maximum Gasteiger partial charge on any atom is 0.291 e. The molecule has 2 N–H and O–H groups in total. The van der Waals surface area contributed by atoms with Gasteiger partial charge in [-0.25, -0.2) is 4.68 Å². The number of anilines is 2. The molecule has 1 aliphatic rings. The Hall–Kier alpha value is -3.79. The molecule has 1 fully saturated rings. The van der Waals surface area contributed by atoms with Crippen LogP contribution in [0.2, 0.25) is 0 Å². The summed E-state index contributed by atoms with van der Waals surface area (Å²) in [6.07, 6.45) is 3.58. The Morgan fingerprint density at radius 2 is 2.00 bits per heavy atom. The van der Waals surface area contributed by atoms with E-state index in [1.807, 2.05) is 35.9 Å². The van der Waals surface area contributed by atoms with E-state index in [4.69, 9.17) is 4.42 Å². The summed E-state index contributed by atoms with van der Waals surface area (Å²) < 4.78 is 6.93. The van der Waals surface area contributed by atoms with Crippen molar-refractivity contribution in [3.8, 4) is 11.4 Å². The molecular weight excluding hydrogens is 416 g/mol. The maximum absolute atomic E-state index is 12.9. The van der Waals surface area contributed by atoms with E-state index in [0.29, 0.717) is 27.4 Å². The summed E-state index contributed by atoms with van der Waals surface area (Å²) in [5.74, 6) is 0.287. The zero-order chi connectivity index (χ0) is 21.4. The van der Waals surface area contributed by atoms with Crippen molar-refractivity contribution in [2.24, 2.45) is 0 Å². The van der Waals surface area contributed by atoms with E-state index in [9.17, 15) is 9.59 Å². The molecule has 1 aromatic carbocycles. The van der Waals surface area contributed by atoms with E-state index in [0.717, 1.165) is 24.0 Å². The fourth-order valence-corrected chi connectivity index (χ4v) is 4.19. The average Bonchev–Trinajstić information content (AvgIpc) is 3.16. The van der Waals surface area contributed by atoms with Crippen molar-refractivity contribution in [2.45, 2.75) is 25.8 Å². The number of carbonyl (C=O) groups is 2. The van der Waals surface area contributed by atoms with Crippen molar-refractivity contribution < 1.29 is 14.0 Å². The van der Waals surface area contributed by atoms with Gasteiger partial charge in [0.05, 0.1) is 22.2 Å². The Bertz CT molecular complexity index is 1260. The number of thiophene rings is 1. The van der Waals surface area contributed by atoms with Gasteiger partial charge in [-0.3, -0.25) is 9.59 Å². The number of amides is 2. The van der Waals surface area contributed by atoms with Crippen LogP contribution in [0.15, 0.2) is 53.1 Å². The molecular formula is C21H18N6O3S. The molecule has 4 aromatic rings. The molecule has 9 nitrogen and oxygen atoms in total. The zero-order valence-corrected chi connectivity index (χ0v) is 17.3. The highest BCUT2D eigenvalue weighted by Gasteiger charge is 2.28. The van der Waals surface area contributed by atoms with Crippen LogP contribution in [0.25, 0.3) is 11.4 Å². The van der Waals surface area contributed by atoms with Crippen LogP contribution < -0.4 is 10.6 Å². The largest absolute Gasteiger partial charge is 0.459 e. The first-order chi connectivity index (χ1) is 15.1. The number of rotatable bonds is 6. The zero-order valence-electron chi connectivity index (χ0n) is 16.5. The molecule has 10 heteroatoms. The quantitative estimate of drug-likeness (QED) is 0.471. The first-order valence-electron chi connectivity index (χ1n) is 9.73. The Kier molecular flexibility index (Phi) is 4.83. The Labute approximate surface area is 181 Å². The van der Waals surface area contributed by atoms with E-state index in [2.05, 4.69) is 26.2 Å². The number of benzene rings is 1. The number of aromatic nitrogens is 4. The van der Waals surface area contributed by atoms with Crippen molar-refractivity contribution in [3.05, 3.63) is 64.9 Å². The number of furan rings is 1. The van der Waals surface area contributed by atoms with Crippen LogP contribution >= 0.6 is 11.3 Å². The minimum absolute atomic E-state index is 0.211. The average molecular weight is 434 g/mol. The predicted molar refractivity (Wildman–Crippen MR) is 115 cm³/mol. The van der Waals surface area contributed by atoms with Gasteiger partial charge in [-0.15, -0.1) is 16.4 Å². The predicted octanol–water partition coefficient (Wildman–Crippen LogP) is 4.14. The minimum Gasteiger partial charge on any atom is -0.459 e. The number of nitrogens with one attached hydrogen (secondary N) is 2. The number of tetrazole rings is 1. The summed E-state index contributed by atoms with van der Waals surface area (Å²) in [4.78, 5) is 25.6. The van der Waals surface area contributed by atoms with Crippen molar-refractivity contribution in [1.29, 1.82) is 0 Å². The monoisotopic (exact) mass is 434 g/mol. The third-order valence-corrected chi connectivity index (χ3v) is 6.02. The summed E-state index contributed by atoms with van der Waals surface area (Å²) in [5.41, 5.74) is 2.25. The lowest BCUT2D eigenvalue weighted by atomic mass is 10.2. The SMILES string of the molecule is Cc1cc(NC(=O)c2ccco2)sc1C(=O)Nc1cccc(-c2nnnn2C2CC2)c1.